The van der Waals surface area contributed by atoms with Crippen molar-refractivity contribution in [2.24, 2.45) is 0 Å². The highest BCUT2D eigenvalue weighted by Crippen LogP contribution is 2.28. The van der Waals surface area contributed by atoms with E-state index in [0.717, 1.165) is 22.4 Å². The van der Waals surface area contributed by atoms with Crippen LogP contribution in [-0.4, -0.2) is 29.0 Å². The maximum atomic E-state index is 12.2. The second-order valence-corrected chi connectivity index (χ2v) is 7.21. The number of nitrogens with zero attached hydrogens (tertiary/aromatic N) is 2. The van der Waals surface area contributed by atoms with Gasteiger partial charge in [0.2, 0.25) is 11.8 Å². The number of ether oxygens (including phenoxy) is 1. The summed E-state index contributed by atoms with van der Waals surface area (Å²) in [6.45, 7) is 3.86. The third kappa shape index (κ3) is 4.81. The summed E-state index contributed by atoms with van der Waals surface area (Å²) in [5.74, 6) is 1.07. The van der Waals surface area contributed by atoms with Crippen molar-refractivity contribution in [3.8, 4) is 17.2 Å². The summed E-state index contributed by atoms with van der Waals surface area (Å²) >= 11 is 7.38. The molecule has 0 spiro atoms. The number of amides is 1. The Hall–Kier alpha value is -2.51. The van der Waals surface area contributed by atoms with Crippen molar-refractivity contribution in [2.75, 3.05) is 18.2 Å². The van der Waals surface area contributed by atoms with Crippen molar-refractivity contribution in [3.63, 3.8) is 0 Å². The summed E-state index contributed by atoms with van der Waals surface area (Å²) < 4.78 is 10.7. The lowest BCUT2D eigenvalue weighted by Crippen LogP contribution is -2.15. The summed E-state index contributed by atoms with van der Waals surface area (Å²) in [7, 11) is 1.60. The SMILES string of the molecule is COc1ccc(-c2nnc(SCC(=O)Nc3c(C)cc(C)cc3Cl)o2)cc1. The summed E-state index contributed by atoms with van der Waals surface area (Å²) in [6, 6.07) is 11.1. The summed E-state index contributed by atoms with van der Waals surface area (Å²) in [6.07, 6.45) is 0. The fourth-order valence-electron chi connectivity index (χ4n) is 2.50. The Kier molecular flexibility index (Phi) is 6.03. The van der Waals surface area contributed by atoms with Gasteiger partial charge in [-0.15, -0.1) is 10.2 Å². The lowest BCUT2D eigenvalue weighted by Gasteiger charge is -2.11. The molecule has 0 fully saturated rings. The standard InChI is InChI=1S/C19H18ClN3O3S/c1-11-8-12(2)17(15(20)9-11)21-16(24)10-27-19-23-22-18(26-19)13-4-6-14(25-3)7-5-13/h4-9H,10H2,1-3H3,(H,21,24). The maximum absolute atomic E-state index is 12.2. The van der Waals surface area contributed by atoms with Gasteiger partial charge >= 0.3 is 0 Å². The van der Waals surface area contributed by atoms with Crippen molar-refractivity contribution in [2.45, 2.75) is 19.1 Å². The first kappa shape index (κ1) is 19.3. The van der Waals surface area contributed by atoms with Gasteiger partial charge in [-0.1, -0.05) is 29.4 Å². The van der Waals surface area contributed by atoms with Gasteiger partial charge in [0, 0.05) is 5.56 Å². The number of carbonyl (C=O) groups excluding carboxylic acids is 1. The molecule has 1 N–H and O–H groups in total. The lowest BCUT2D eigenvalue weighted by atomic mass is 10.1. The van der Waals surface area contributed by atoms with E-state index in [1.807, 2.05) is 50.2 Å². The number of hydrogen-bond acceptors (Lipinski definition) is 6. The fraction of sp³-hybridized carbons (Fsp3) is 0.211. The Labute approximate surface area is 166 Å². The van der Waals surface area contributed by atoms with Crippen LogP contribution in [0.3, 0.4) is 0 Å². The number of methoxy groups -OCH3 is 1. The lowest BCUT2D eigenvalue weighted by molar-refractivity contribution is -0.113. The van der Waals surface area contributed by atoms with Gasteiger partial charge in [-0.25, -0.2) is 0 Å². The molecule has 0 saturated carbocycles. The minimum atomic E-state index is -0.196. The van der Waals surface area contributed by atoms with E-state index < -0.39 is 0 Å². The van der Waals surface area contributed by atoms with Crippen molar-refractivity contribution < 1.29 is 13.9 Å². The molecule has 1 heterocycles. The quantitative estimate of drug-likeness (QED) is 0.598. The predicted octanol–water partition coefficient (Wildman–Crippen LogP) is 4.75. The topological polar surface area (TPSA) is 77.2 Å². The van der Waals surface area contributed by atoms with Crippen molar-refractivity contribution >= 4 is 35.0 Å². The molecule has 0 aliphatic rings. The molecule has 0 saturated heterocycles. The molecule has 3 rings (SSSR count). The minimum absolute atomic E-state index is 0.133. The Morgan fingerprint density at radius 1 is 1.22 bits per heavy atom. The highest BCUT2D eigenvalue weighted by molar-refractivity contribution is 7.99. The van der Waals surface area contributed by atoms with Gasteiger partial charge in [0.15, 0.2) is 0 Å². The van der Waals surface area contributed by atoms with Crippen LogP contribution < -0.4 is 10.1 Å². The van der Waals surface area contributed by atoms with Crippen LogP contribution in [0.5, 0.6) is 5.75 Å². The second-order valence-electron chi connectivity index (χ2n) is 5.88. The van der Waals surface area contributed by atoms with E-state index in [-0.39, 0.29) is 11.7 Å². The molecule has 8 heteroatoms. The zero-order valence-electron chi connectivity index (χ0n) is 15.1. The van der Waals surface area contributed by atoms with Gasteiger partial charge in [-0.3, -0.25) is 4.79 Å². The van der Waals surface area contributed by atoms with Crippen molar-refractivity contribution in [3.05, 3.63) is 52.5 Å². The van der Waals surface area contributed by atoms with Gasteiger partial charge in [0.05, 0.1) is 23.6 Å². The number of aromatic nitrogens is 2. The third-order valence-corrected chi connectivity index (χ3v) is 4.88. The Morgan fingerprint density at radius 3 is 2.63 bits per heavy atom. The summed E-state index contributed by atoms with van der Waals surface area (Å²) in [4.78, 5) is 12.2. The zero-order chi connectivity index (χ0) is 19.4. The molecule has 0 unspecified atom stereocenters. The first-order valence-electron chi connectivity index (χ1n) is 8.13. The summed E-state index contributed by atoms with van der Waals surface area (Å²) in [5, 5.41) is 11.7. The molecule has 1 amide bonds. The molecule has 27 heavy (non-hydrogen) atoms. The number of hydrogen-bond donors (Lipinski definition) is 1. The number of rotatable bonds is 6. The number of nitrogens with one attached hydrogen (secondary N) is 1. The van der Waals surface area contributed by atoms with Crippen LogP contribution in [0, 0.1) is 13.8 Å². The molecule has 1 aromatic heterocycles. The molecule has 0 radical (unpaired) electrons. The highest BCUT2D eigenvalue weighted by atomic mass is 35.5. The first-order chi connectivity index (χ1) is 13.0. The predicted molar refractivity (Wildman–Crippen MR) is 107 cm³/mol. The molecular formula is C19H18ClN3O3S. The van der Waals surface area contributed by atoms with E-state index in [9.17, 15) is 4.79 Å². The van der Waals surface area contributed by atoms with Crippen molar-refractivity contribution in [1.29, 1.82) is 0 Å². The van der Waals surface area contributed by atoms with Crippen LogP contribution in [0.2, 0.25) is 5.02 Å². The van der Waals surface area contributed by atoms with E-state index in [1.165, 1.54) is 11.8 Å². The average Bonchev–Trinajstić information content (AvgIpc) is 3.12. The molecule has 0 atom stereocenters. The van der Waals surface area contributed by atoms with E-state index in [1.54, 1.807) is 7.11 Å². The van der Waals surface area contributed by atoms with Gasteiger partial charge in [-0.2, -0.15) is 0 Å². The Balaban J connectivity index is 1.60. The highest BCUT2D eigenvalue weighted by Gasteiger charge is 2.13. The number of benzene rings is 2. The number of thioether (sulfide) groups is 1. The smallest absolute Gasteiger partial charge is 0.277 e. The van der Waals surface area contributed by atoms with Crippen molar-refractivity contribution in [1.82, 2.24) is 10.2 Å². The number of aryl methyl sites for hydroxylation is 2. The van der Waals surface area contributed by atoms with Crippen LogP contribution in [0.1, 0.15) is 11.1 Å². The van der Waals surface area contributed by atoms with Crippen LogP contribution in [0.15, 0.2) is 46.0 Å². The second kappa shape index (κ2) is 8.45. The molecule has 140 valence electrons. The molecule has 6 nitrogen and oxygen atoms in total. The average molecular weight is 404 g/mol. The molecule has 0 aliphatic heterocycles. The van der Waals surface area contributed by atoms with E-state index in [0.29, 0.717) is 21.8 Å². The largest absolute Gasteiger partial charge is 0.497 e. The van der Waals surface area contributed by atoms with E-state index >= 15 is 0 Å². The minimum Gasteiger partial charge on any atom is -0.497 e. The van der Waals surface area contributed by atoms with Crippen LogP contribution in [0.25, 0.3) is 11.5 Å². The number of halogens is 1. The Bertz CT molecular complexity index is 934. The molecule has 2 aromatic carbocycles. The Morgan fingerprint density at radius 2 is 1.96 bits per heavy atom. The molecule has 0 aliphatic carbocycles. The number of carbonyl (C=O) groups is 1. The molecule has 3 aromatic rings. The van der Waals surface area contributed by atoms with Crippen LogP contribution in [0.4, 0.5) is 5.69 Å². The monoisotopic (exact) mass is 403 g/mol. The molecule has 0 bridgehead atoms. The third-order valence-electron chi connectivity index (χ3n) is 3.77. The fourth-order valence-corrected chi connectivity index (χ4v) is 3.43. The van der Waals surface area contributed by atoms with Crippen LogP contribution in [-0.2, 0) is 4.79 Å². The maximum Gasteiger partial charge on any atom is 0.277 e. The van der Waals surface area contributed by atoms with Crippen LogP contribution >= 0.6 is 23.4 Å². The van der Waals surface area contributed by atoms with Gasteiger partial charge in [0.25, 0.3) is 5.22 Å². The first-order valence-corrected chi connectivity index (χ1v) is 9.50. The van der Waals surface area contributed by atoms with E-state index in [4.69, 9.17) is 20.8 Å². The summed E-state index contributed by atoms with van der Waals surface area (Å²) in [5.41, 5.74) is 3.36. The van der Waals surface area contributed by atoms with Gasteiger partial charge in [0.1, 0.15) is 5.75 Å². The zero-order valence-corrected chi connectivity index (χ0v) is 16.6. The van der Waals surface area contributed by atoms with Gasteiger partial charge in [-0.05, 0) is 55.3 Å². The van der Waals surface area contributed by atoms with E-state index in [2.05, 4.69) is 15.5 Å². The van der Waals surface area contributed by atoms with Gasteiger partial charge < -0.3 is 14.5 Å². The normalized spacial score (nSPS) is 10.7. The number of anilines is 1. The molecular weight excluding hydrogens is 386 g/mol.